The van der Waals surface area contributed by atoms with Crippen molar-refractivity contribution in [1.29, 1.82) is 0 Å². The van der Waals surface area contributed by atoms with E-state index >= 15 is 0 Å². The van der Waals surface area contributed by atoms with Crippen LogP contribution in [0.25, 0.3) is 16.8 Å². The van der Waals surface area contributed by atoms with E-state index < -0.39 is 5.60 Å². The van der Waals surface area contributed by atoms with E-state index in [-0.39, 0.29) is 24.2 Å². The molecule has 200 valence electrons. The van der Waals surface area contributed by atoms with E-state index in [1.54, 1.807) is 11.2 Å². The first-order valence-electron chi connectivity index (χ1n) is 12.9. The number of hydrogen-bond donors (Lipinski definition) is 0. The third kappa shape index (κ3) is 5.66. The molecule has 1 unspecified atom stereocenters. The number of nitrogens with zero attached hydrogens (tertiary/aromatic N) is 5. The van der Waals surface area contributed by atoms with Crippen molar-refractivity contribution in [3.8, 4) is 11.3 Å². The molecule has 0 aromatic carbocycles. The summed E-state index contributed by atoms with van der Waals surface area (Å²) in [7, 11) is 1.97. The Bertz CT molecular complexity index is 1290. The van der Waals surface area contributed by atoms with Crippen molar-refractivity contribution in [3.05, 3.63) is 47.7 Å². The van der Waals surface area contributed by atoms with Crippen molar-refractivity contribution < 1.29 is 19.1 Å². The number of rotatable bonds is 5. The van der Waals surface area contributed by atoms with Gasteiger partial charge in [-0.2, -0.15) is 0 Å². The lowest BCUT2D eigenvalue weighted by Gasteiger charge is -2.39. The number of fused-ring (bicyclic) bond motifs is 1. The summed E-state index contributed by atoms with van der Waals surface area (Å²) in [4.78, 5) is 34.0. The molecule has 1 fully saturated rings. The van der Waals surface area contributed by atoms with Gasteiger partial charge in [0.2, 0.25) is 0 Å². The Labute approximate surface area is 219 Å². The number of ether oxygens (including phenoxy) is 2. The SMILES string of the molecule is Cc1c(C(=O)OC(C)C)cc2cc(-c3cncn3C)cn2c1C(C)N1CCN(C(=O)OC(C)(C)C)CC1. The number of pyridine rings is 1. The molecule has 0 aliphatic carbocycles. The van der Waals surface area contributed by atoms with Gasteiger partial charge in [0.15, 0.2) is 0 Å². The second-order valence-electron chi connectivity index (χ2n) is 11.1. The van der Waals surface area contributed by atoms with Gasteiger partial charge in [-0.05, 0) is 66.2 Å². The van der Waals surface area contributed by atoms with Crippen LogP contribution in [0.4, 0.5) is 4.79 Å². The molecule has 3 aromatic heterocycles. The lowest BCUT2D eigenvalue weighted by molar-refractivity contribution is 0.0107. The van der Waals surface area contributed by atoms with Crippen LogP contribution in [0, 0.1) is 6.92 Å². The second-order valence-corrected chi connectivity index (χ2v) is 11.1. The fourth-order valence-corrected chi connectivity index (χ4v) is 4.95. The zero-order valence-electron chi connectivity index (χ0n) is 23.2. The van der Waals surface area contributed by atoms with Crippen molar-refractivity contribution in [2.45, 2.75) is 66.2 Å². The molecule has 0 bridgehead atoms. The first-order chi connectivity index (χ1) is 17.4. The molecule has 1 amide bonds. The number of carbonyl (C=O) groups excluding carboxylic acids is 2. The molecule has 0 spiro atoms. The van der Waals surface area contributed by atoms with E-state index in [9.17, 15) is 9.59 Å². The van der Waals surface area contributed by atoms with Crippen LogP contribution in [-0.2, 0) is 16.5 Å². The average molecular weight is 510 g/mol. The van der Waals surface area contributed by atoms with Crippen LogP contribution in [0.3, 0.4) is 0 Å². The summed E-state index contributed by atoms with van der Waals surface area (Å²) < 4.78 is 15.3. The topological polar surface area (TPSA) is 81.3 Å². The number of aromatic nitrogens is 3. The van der Waals surface area contributed by atoms with Crippen molar-refractivity contribution in [3.63, 3.8) is 0 Å². The molecule has 1 atom stereocenters. The highest BCUT2D eigenvalue weighted by Crippen LogP contribution is 2.32. The summed E-state index contributed by atoms with van der Waals surface area (Å²) in [5.74, 6) is -0.318. The van der Waals surface area contributed by atoms with Gasteiger partial charge < -0.3 is 23.3 Å². The van der Waals surface area contributed by atoms with Crippen molar-refractivity contribution in [2.24, 2.45) is 7.05 Å². The van der Waals surface area contributed by atoms with Gasteiger partial charge >= 0.3 is 12.1 Å². The summed E-state index contributed by atoms with van der Waals surface area (Å²) >= 11 is 0. The van der Waals surface area contributed by atoms with Crippen LogP contribution in [0.15, 0.2) is 30.9 Å². The molecule has 1 saturated heterocycles. The predicted molar refractivity (Wildman–Crippen MR) is 143 cm³/mol. The number of hydrogen-bond acceptors (Lipinski definition) is 6. The minimum absolute atomic E-state index is 0.00173. The largest absolute Gasteiger partial charge is 0.459 e. The molecule has 4 heterocycles. The molecule has 1 aliphatic rings. The first kappa shape index (κ1) is 26.7. The van der Waals surface area contributed by atoms with Crippen LogP contribution in [0.1, 0.15) is 69.2 Å². The number of aryl methyl sites for hydroxylation is 1. The van der Waals surface area contributed by atoms with Crippen molar-refractivity contribution >= 4 is 17.6 Å². The summed E-state index contributed by atoms with van der Waals surface area (Å²) in [6.07, 6.45) is 5.25. The Morgan fingerprint density at radius 2 is 1.73 bits per heavy atom. The third-order valence-corrected chi connectivity index (χ3v) is 6.77. The maximum Gasteiger partial charge on any atom is 0.410 e. The fraction of sp³-hybridized carbons (Fsp3) is 0.536. The van der Waals surface area contributed by atoms with Crippen molar-refractivity contribution in [1.82, 2.24) is 23.8 Å². The maximum atomic E-state index is 13.1. The minimum atomic E-state index is -0.519. The molecule has 0 radical (unpaired) electrons. The first-order valence-corrected chi connectivity index (χ1v) is 12.9. The lowest BCUT2D eigenvalue weighted by Crippen LogP contribution is -2.50. The van der Waals surface area contributed by atoms with Gasteiger partial charge in [0.05, 0.1) is 29.9 Å². The maximum absolute atomic E-state index is 13.1. The number of carbonyl (C=O) groups is 2. The van der Waals surface area contributed by atoms with Gasteiger partial charge in [-0.15, -0.1) is 0 Å². The Hall–Kier alpha value is -3.33. The van der Waals surface area contributed by atoms with Gasteiger partial charge in [-0.3, -0.25) is 4.90 Å². The van der Waals surface area contributed by atoms with E-state index in [0.29, 0.717) is 31.7 Å². The summed E-state index contributed by atoms with van der Waals surface area (Å²) in [5, 5.41) is 0. The van der Waals surface area contributed by atoms with E-state index in [4.69, 9.17) is 9.47 Å². The van der Waals surface area contributed by atoms with Gasteiger partial charge in [0.25, 0.3) is 0 Å². The molecule has 9 heteroatoms. The molecule has 37 heavy (non-hydrogen) atoms. The number of esters is 1. The van der Waals surface area contributed by atoms with Gasteiger partial charge in [0.1, 0.15) is 5.60 Å². The monoisotopic (exact) mass is 509 g/mol. The highest BCUT2D eigenvalue weighted by molar-refractivity contribution is 5.93. The van der Waals surface area contributed by atoms with Gasteiger partial charge in [-0.1, -0.05) is 0 Å². The zero-order chi connectivity index (χ0) is 27.1. The van der Waals surface area contributed by atoms with Crippen LogP contribution < -0.4 is 0 Å². The molecule has 3 aromatic rings. The molecule has 1 aliphatic heterocycles. The van der Waals surface area contributed by atoms with E-state index in [1.165, 1.54) is 0 Å². The molecule has 9 nitrogen and oxygen atoms in total. The Morgan fingerprint density at radius 3 is 2.30 bits per heavy atom. The van der Waals surface area contributed by atoms with E-state index in [0.717, 1.165) is 28.0 Å². The van der Waals surface area contributed by atoms with Crippen molar-refractivity contribution in [2.75, 3.05) is 26.2 Å². The van der Waals surface area contributed by atoms with Crippen LogP contribution in [-0.4, -0.2) is 73.7 Å². The lowest BCUT2D eigenvalue weighted by atomic mass is 10.0. The zero-order valence-corrected chi connectivity index (χ0v) is 23.2. The molecular formula is C28H39N5O4. The minimum Gasteiger partial charge on any atom is -0.459 e. The predicted octanol–water partition coefficient (Wildman–Crippen LogP) is 4.83. The Kier molecular flexibility index (Phi) is 7.37. The normalized spacial score (nSPS) is 15.9. The molecular weight excluding hydrogens is 470 g/mol. The van der Waals surface area contributed by atoms with Crippen LogP contribution in [0.2, 0.25) is 0 Å². The van der Waals surface area contributed by atoms with Crippen LogP contribution >= 0.6 is 0 Å². The summed E-state index contributed by atoms with van der Waals surface area (Å²) in [5.41, 5.74) is 4.93. The number of amides is 1. The molecule has 4 rings (SSSR count). The number of imidazole rings is 1. The Balaban J connectivity index is 1.69. The molecule has 0 saturated carbocycles. The standard InChI is InChI=1S/C28H39N5O4/c1-18(2)36-26(34)23-14-22-13-21(24-15-29-17-30(24)8)16-33(22)25(19(23)3)20(4)31-9-11-32(12-10-31)27(35)37-28(5,6)7/h13-18,20H,9-12H2,1-8H3. The third-order valence-electron chi connectivity index (χ3n) is 6.77. The highest BCUT2D eigenvalue weighted by atomic mass is 16.6. The van der Waals surface area contributed by atoms with Gasteiger partial charge in [0, 0.05) is 62.2 Å². The number of piperazine rings is 1. The van der Waals surface area contributed by atoms with Crippen LogP contribution in [0.5, 0.6) is 0 Å². The van der Waals surface area contributed by atoms with E-state index in [1.807, 2.05) is 65.4 Å². The summed E-state index contributed by atoms with van der Waals surface area (Å²) in [6.45, 7) is 16.1. The Morgan fingerprint density at radius 1 is 1.05 bits per heavy atom. The quantitative estimate of drug-likeness (QED) is 0.459. The average Bonchev–Trinajstić information content (AvgIpc) is 3.42. The van der Waals surface area contributed by atoms with E-state index in [2.05, 4.69) is 33.5 Å². The fourth-order valence-electron chi connectivity index (χ4n) is 4.95. The summed E-state index contributed by atoms with van der Waals surface area (Å²) in [6, 6.07) is 4.00. The highest BCUT2D eigenvalue weighted by Gasteiger charge is 2.30. The molecule has 0 N–H and O–H groups in total. The van der Waals surface area contributed by atoms with Gasteiger partial charge in [-0.25, -0.2) is 14.6 Å². The smallest absolute Gasteiger partial charge is 0.410 e. The second kappa shape index (κ2) is 10.2.